The summed E-state index contributed by atoms with van der Waals surface area (Å²) < 4.78 is 10.9. The van der Waals surface area contributed by atoms with Gasteiger partial charge in [-0.3, -0.25) is 0 Å². The summed E-state index contributed by atoms with van der Waals surface area (Å²) in [5.74, 6) is 0.674. The van der Waals surface area contributed by atoms with Crippen LogP contribution in [0.3, 0.4) is 0 Å². The van der Waals surface area contributed by atoms with E-state index in [1.165, 1.54) is 0 Å². The number of halogens is 1. The van der Waals surface area contributed by atoms with E-state index >= 15 is 0 Å². The van der Waals surface area contributed by atoms with Crippen LogP contribution in [-0.4, -0.2) is 25.4 Å². The highest BCUT2D eigenvalue weighted by atomic mass is 79.9. The van der Waals surface area contributed by atoms with Crippen LogP contribution in [0.4, 0.5) is 0 Å². The molecule has 1 aromatic heterocycles. The number of aliphatic hydroxyl groups excluding tert-OH is 1. The average molecular weight is 235 g/mol. The molecule has 4 heteroatoms. The number of furan rings is 1. The number of methoxy groups -OCH3 is 1. The van der Waals surface area contributed by atoms with Gasteiger partial charge >= 0.3 is 0 Å². The quantitative estimate of drug-likeness (QED) is 0.864. The molecule has 3 nitrogen and oxygen atoms in total. The molecule has 1 rings (SSSR count). The van der Waals surface area contributed by atoms with E-state index in [-0.39, 0.29) is 12.5 Å². The van der Waals surface area contributed by atoms with Gasteiger partial charge in [-0.2, -0.15) is 0 Å². The first-order chi connectivity index (χ1) is 5.77. The maximum Gasteiger partial charge on any atom is 0.169 e. The molecule has 0 radical (unpaired) electrons. The predicted molar refractivity (Wildman–Crippen MR) is 48.1 cm³/mol. The molecule has 0 aliphatic carbocycles. The number of hydrogen-bond acceptors (Lipinski definition) is 3. The molecule has 12 heavy (non-hydrogen) atoms. The predicted octanol–water partition coefficient (Wildman–Crippen LogP) is 1.76. The third kappa shape index (κ3) is 2.33. The van der Waals surface area contributed by atoms with Crippen molar-refractivity contribution in [2.24, 2.45) is 0 Å². The summed E-state index contributed by atoms with van der Waals surface area (Å²) in [7, 11) is 1.60. The maximum absolute atomic E-state index is 8.96. The summed E-state index contributed by atoms with van der Waals surface area (Å²) in [6, 6.07) is 3.62. The van der Waals surface area contributed by atoms with Gasteiger partial charge in [0.15, 0.2) is 4.67 Å². The van der Waals surface area contributed by atoms with Crippen molar-refractivity contribution in [1.29, 1.82) is 0 Å². The topological polar surface area (TPSA) is 42.6 Å². The normalized spacial score (nSPS) is 13.2. The van der Waals surface area contributed by atoms with Gasteiger partial charge in [0.05, 0.1) is 19.1 Å². The standard InChI is InChI=1S/C8H11BrO3/c1-11-5-6(4-10)7-2-3-8(9)12-7/h2-3,6,10H,4-5H2,1H3. The van der Waals surface area contributed by atoms with Crippen LogP contribution in [0.1, 0.15) is 11.7 Å². The third-order valence-electron chi connectivity index (χ3n) is 1.58. The fourth-order valence-electron chi connectivity index (χ4n) is 0.974. The number of ether oxygens (including phenoxy) is 1. The fraction of sp³-hybridized carbons (Fsp3) is 0.500. The molecule has 0 saturated heterocycles. The molecule has 1 atom stereocenters. The molecule has 0 bridgehead atoms. The van der Waals surface area contributed by atoms with Gasteiger partial charge in [0, 0.05) is 7.11 Å². The van der Waals surface area contributed by atoms with E-state index in [1.54, 1.807) is 13.2 Å². The highest BCUT2D eigenvalue weighted by molar-refractivity contribution is 9.10. The number of hydrogen-bond donors (Lipinski definition) is 1. The van der Waals surface area contributed by atoms with Gasteiger partial charge in [0.2, 0.25) is 0 Å². The van der Waals surface area contributed by atoms with Gasteiger partial charge in [-0.05, 0) is 28.1 Å². The Hall–Kier alpha value is -0.320. The SMILES string of the molecule is COCC(CO)c1ccc(Br)o1. The Bertz CT molecular complexity index is 234. The van der Waals surface area contributed by atoms with Crippen molar-refractivity contribution < 1.29 is 14.3 Å². The van der Waals surface area contributed by atoms with Crippen molar-refractivity contribution in [1.82, 2.24) is 0 Å². The summed E-state index contributed by atoms with van der Waals surface area (Å²) in [5, 5.41) is 8.96. The van der Waals surface area contributed by atoms with E-state index < -0.39 is 0 Å². The number of aliphatic hydroxyl groups is 1. The Morgan fingerprint density at radius 3 is 2.83 bits per heavy atom. The molecule has 0 spiro atoms. The van der Waals surface area contributed by atoms with E-state index in [1.807, 2.05) is 6.07 Å². The van der Waals surface area contributed by atoms with Crippen molar-refractivity contribution in [2.75, 3.05) is 20.3 Å². The highest BCUT2D eigenvalue weighted by Gasteiger charge is 2.13. The Morgan fingerprint density at radius 1 is 1.67 bits per heavy atom. The van der Waals surface area contributed by atoms with Gasteiger partial charge in [-0.25, -0.2) is 0 Å². The lowest BCUT2D eigenvalue weighted by atomic mass is 10.1. The molecule has 0 fully saturated rings. The van der Waals surface area contributed by atoms with Crippen molar-refractivity contribution in [3.63, 3.8) is 0 Å². The van der Waals surface area contributed by atoms with Crippen LogP contribution in [0.2, 0.25) is 0 Å². The largest absolute Gasteiger partial charge is 0.454 e. The van der Waals surface area contributed by atoms with Crippen LogP contribution < -0.4 is 0 Å². The highest BCUT2D eigenvalue weighted by Crippen LogP contribution is 2.21. The van der Waals surface area contributed by atoms with E-state index in [0.717, 1.165) is 5.76 Å². The summed E-state index contributed by atoms with van der Waals surface area (Å²) in [5.41, 5.74) is 0. The summed E-state index contributed by atoms with van der Waals surface area (Å²) in [6.07, 6.45) is 0. The summed E-state index contributed by atoms with van der Waals surface area (Å²) in [6.45, 7) is 0.504. The summed E-state index contributed by atoms with van der Waals surface area (Å²) >= 11 is 3.19. The van der Waals surface area contributed by atoms with Crippen LogP contribution >= 0.6 is 15.9 Å². The first-order valence-electron chi connectivity index (χ1n) is 3.63. The van der Waals surface area contributed by atoms with Gasteiger partial charge in [0.1, 0.15) is 5.76 Å². The van der Waals surface area contributed by atoms with Crippen molar-refractivity contribution in [3.05, 3.63) is 22.6 Å². The zero-order valence-electron chi connectivity index (χ0n) is 6.79. The van der Waals surface area contributed by atoms with Gasteiger partial charge in [0.25, 0.3) is 0 Å². The van der Waals surface area contributed by atoms with Gasteiger partial charge < -0.3 is 14.3 Å². The number of rotatable bonds is 4. The smallest absolute Gasteiger partial charge is 0.169 e. The lowest BCUT2D eigenvalue weighted by molar-refractivity contribution is 0.133. The second-order valence-electron chi connectivity index (χ2n) is 2.48. The van der Waals surface area contributed by atoms with Crippen molar-refractivity contribution >= 4 is 15.9 Å². The van der Waals surface area contributed by atoms with Crippen molar-refractivity contribution in [3.8, 4) is 0 Å². The average Bonchev–Trinajstić information content (AvgIpc) is 2.47. The van der Waals surface area contributed by atoms with E-state index in [4.69, 9.17) is 14.3 Å². The van der Waals surface area contributed by atoms with Gasteiger partial charge in [-0.15, -0.1) is 0 Å². The minimum atomic E-state index is -0.0682. The summed E-state index contributed by atoms with van der Waals surface area (Å²) in [4.78, 5) is 0. The molecular formula is C8H11BrO3. The monoisotopic (exact) mass is 234 g/mol. The lowest BCUT2D eigenvalue weighted by Gasteiger charge is -2.08. The Balaban J connectivity index is 2.66. The van der Waals surface area contributed by atoms with E-state index in [9.17, 15) is 0 Å². The molecule has 0 aliphatic rings. The zero-order valence-corrected chi connectivity index (χ0v) is 8.37. The Labute approximate surface area is 79.5 Å². The van der Waals surface area contributed by atoms with E-state index in [0.29, 0.717) is 11.3 Å². The minimum Gasteiger partial charge on any atom is -0.454 e. The molecule has 1 N–H and O–H groups in total. The molecule has 0 aromatic carbocycles. The third-order valence-corrected chi connectivity index (χ3v) is 2.01. The molecular weight excluding hydrogens is 224 g/mol. The second kappa shape index (κ2) is 4.64. The second-order valence-corrected chi connectivity index (χ2v) is 3.26. The molecule has 0 amide bonds. The molecule has 0 aliphatic heterocycles. The minimum absolute atomic E-state index is 0.0355. The molecule has 0 saturated carbocycles. The lowest BCUT2D eigenvalue weighted by Crippen LogP contribution is -2.09. The van der Waals surface area contributed by atoms with Crippen LogP contribution in [0.25, 0.3) is 0 Å². The zero-order chi connectivity index (χ0) is 8.97. The first-order valence-corrected chi connectivity index (χ1v) is 4.42. The molecule has 1 aromatic rings. The van der Waals surface area contributed by atoms with Crippen LogP contribution in [0, 0.1) is 0 Å². The van der Waals surface area contributed by atoms with E-state index in [2.05, 4.69) is 15.9 Å². The maximum atomic E-state index is 8.96. The van der Waals surface area contributed by atoms with Crippen LogP contribution in [0.5, 0.6) is 0 Å². The van der Waals surface area contributed by atoms with Crippen LogP contribution in [0.15, 0.2) is 21.2 Å². The Kier molecular flexibility index (Phi) is 3.78. The molecule has 68 valence electrons. The van der Waals surface area contributed by atoms with Gasteiger partial charge in [-0.1, -0.05) is 0 Å². The fourth-order valence-corrected chi connectivity index (χ4v) is 1.29. The van der Waals surface area contributed by atoms with Crippen LogP contribution in [-0.2, 0) is 4.74 Å². The molecule has 1 unspecified atom stereocenters. The van der Waals surface area contributed by atoms with Crippen molar-refractivity contribution in [2.45, 2.75) is 5.92 Å². The Morgan fingerprint density at radius 2 is 2.42 bits per heavy atom. The first kappa shape index (κ1) is 9.77. The molecule has 1 heterocycles.